The van der Waals surface area contributed by atoms with Gasteiger partial charge in [0.05, 0.1) is 6.61 Å². The van der Waals surface area contributed by atoms with Gasteiger partial charge in [-0.25, -0.2) is 0 Å². The summed E-state index contributed by atoms with van der Waals surface area (Å²) in [7, 11) is 0. The summed E-state index contributed by atoms with van der Waals surface area (Å²) in [5.74, 6) is 0.235. The summed E-state index contributed by atoms with van der Waals surface area (Å²) >= 11 is 0. The number of rotatable bonds is 5. The molecule has 0 amide bonds. The van der Waals surface area contributed by atoms with Gasteiger partial charge < -0.3 is 4.74 Å². The van der Waals surface area contributed by atoms with Crippen LogP contribution in [0.4, 0.5) is 0 Å². The summed E-state index contributed by atoms with van der Waals surface area (Å²) < 4.78 is 5.01. The zero-order valence-corrected chi connectivity index (χ0v) is 9.84. The van der Waals surface area contributed by atoms with Crippen LogP contribution in [-0.4, -0.2) is 18.4 Å². The van der Waals surface area contributed by atoms with Gasteiger partial charge in [0.25, 0.3) is 0 Å². The Kier molecular flexibility index (Phi) is 3.89. The number of hydrogen-bond acceptors (Lipinski definition) is 3. The molecule has 0 radical (unpaired) electrons. The monoisotopic (exact) mass is 212 g/mol. The van der Waals surface area contributed by atoms with Crippen molar-refractivity contribution in [3.63, 3.8) is 0 Å². The van der Waals surface area contributed by atoms with E-state index >= 15 is 0 Å². The fourth-order valence-electron chi connectivity index (χ4n) is 2.37. The molecule has 3 heteroatoms. The van der Waals surface area contributed by atoms with Crippen LogP contribution in [-0.2, 0) is 14.3 Å². The SMILES string of the molecule is CCCC(=O)C1(C(=O)OCC)CC(C)C1. The molecule has 86 valence electrons. The van der Waals surface area contributed by atoms with E-state index in [-0.39, 0.29) is 11.8 Å². The molecule has 1 fully saturated rings. The Hall–Kier alpha value is -0.860. The third-order valence-electron chi connectivity index (χ3n) is 3.07. The van der Waals surface area contributed by atoms with Crippen molar-refractivity contribution in [2.45, 2.75) is 46.5 Å². The van der Waals surface area contributed by atoms with Crippen molar-refractivity contribution in [1.82, 2.24) is 0 Å². The first-order chi connectivity index (χ1) is 7.06. The number of ether oxygens (including phenoxy) is 1. The predicted molar refractivity (Wildman–Crippen MR) is 57.4 cm³/mol. The highest BCUT2D eigenvalue weighted by molar-refractivity contribution is 6.04. The Morgan fingerprint density at radius 3 is 2.33 bits per heavy atom. The van der Waals surface area contributed by atoms with Crippen LogP contribution in [0.2, 0.25) is 0 Å². The molecular formula is C12H20O3. The van der Waals surface area contributed by atoms with Crippen molar-refractivity contribution in [2.75, 3.05) is 6.61 Å². The van der Waals surface area contributed by atoms with Crippen molar-refractivity contribution < 1.29 is 14.3 Å². The minimum Gasteiger partial charge on any atom is -0.465 e. The highest BCUT2D eigenvalue weighted by atomic mass is 16.5. The zero-order valence-electron chi connectivity index (χ0n) is 9.84. The summed E-state index contributed by atoms with van der Waals surface area (Å²) in [5.41, 5.74) is -0.786. The lowest BCUT2D eigenvalue weighted by molar-refractivity contribution is -0.169. The molecule has 0 atom stereocenters. The van der Waals surface area contributed by atoms with E-state index in [4.69, 9.17) is 4.74 Å². The van der Waals surface area contributed by atoms with Gasteiger partial charge in [-0.3, -0.25) is 9.59 Å². The molecule has 0 spiro atoms. The van der Waals surface area contributed by atoms with Gasteiger partial charge in [0.15, 0.2) is 0 Å². The van der Waals surface area contributed by atoms with E-state index in [1.807, 2.05) is 6.92 Å². The lowest BCUT2D eigenvalue weighted by atomic mass is 9.59. The molecule has 0 aliphatic heterocycles. The molecule has 0 unspecified atom stereocenters. The first-order valence-corrected chi connectivity index (χ1v) is 5.77. The van der Waals surface area contributed by atoms with Crippen LogP contribution in [0, 0.1) is 11.3 Å². The molecule has 0 N–H and O–H groups in total. The van der Waals surface area contributed by atoms with Crippen LogP contribution >= 0.6 is 0 Å². The van der Waals surface area contributed by atoms with Crippen molar-refractivity contribution in [3.8, 4) is 0 Å². The third-order valence-corrected chi connectivity index (χ3v) is 3.07. The van der Waals surface area contributed by atoms with Crippen LogP contribution in [0.1, 0.15) is 46.5 Å². The molecule has 0 saturated heterocycles. The largest absolute Gasteiger partial charge is 0.465 e. The van der Waals surface area contributed by atoms with E-state index in [2.05, 4.69) is 6.92 Å². The highest BCUT2D eigenvalue weighted by Crippen LogP contribution is 2.47. The summed E-state index contributed by atoms with van der Waals surface area (Å²) in [5, 5.41) is 0. The smallest absolute Gasteiger partial charge is 0.319 e. The minimum absolute atomic E-state index is 0.0709. The number of hydrogen-bond donors (Lipinski definition) is 0. The van der Waals surface area contributed by atoms with Crippen LogP contribution in [0.3, 0.4) is 0 Å². The molecule has 1 aliphatic carbocycles. The lowest BCUT2D eigenvalue weighted by Crippen LogP contribution is -2.50. The summed E-state index contributed by atoms with van der Waals surface area (Å²) in [6, 6.07) is 0. The van der Waals surface area contributed by atoms with Crippen molar-refractivity contribution in [2.24, 2.45) is 11.3 Å². The molecule has 0 bridgehead atoms. The van der Waals surface area contributed by atoms with Gasteiger partial charge in [-0.1, -0.05) is 13.8 Å². The molecule has 1 aliphatic rings. The predicted octanol–water partition coefficient (Wildman–Crippen LogP) is 2.33. The maximum absolute atomic E-state index is 11.9. The second-order valence-electron chi connectivity index (χ2n) is 4.49. The van der Waals surface area contributed by atoms with E-state index in [1.165, 1.54) is 0 Å². The van der Waals surface area contributed by atoms with E-state index in [9.17, 15) is 9.59 Å². The lowest BCUT2D eigenvalue weighted by Gasteiger charge is -2.42. The molecule has 3 nitrogen and oxygen atoms in total. The van der Waals surface area contributed by atoms with Crippen molar-refractivity contribution in [1.29, 1.82) is 0 Å². The number of carbonyl (C=O) groups excluding carboxylic acids is 2. The van der Waals surface area contributed by atoms with Gasteiger partial charge in [-0.15, -0.1) is 0 Å². The first-order valence-electron chi connectivity index (χ1n) is 5.77. The molecule has 1 rings (SSSR count). The van der Waals surface area contributed by atoms with Gasteiger partial charge in [-0.05, 0) is 32.1 Å². The van der Waals surface area contributed by atoms with Crippen LogP contribution in [0.15, 0.2) is 0 Å². The molecular weight excluding hydrogens is 192 g/mol. The average Bonchev–Trinajstić information content (AvgIpc) is 2.13. The van der Waals surface area contributed by atoms with Crippen molar-refractivity contribution >= 4 is 11.8 Å². The Morgan fingerprint density at radius 1 is 1.33 bits per heavy atom. The van der Waals surface area contributed by atoms with Gasteiger partial charge in [0, 0.05) is 6.42 Å². The van der Waals surface area contributed by atoms with Crippen LogP contribution in [0.5, 0.6) is 0 Å². The summed E-state index contributed by atoms with van der Waals surface area (Å²) in [6.07, 6.45) is 2.63. The highest BCUT2D eigenvalue weighted by Gasteiger charge is 2.54. The summed E-state index contributed by atoms with van der Waals surface area (Å²) in [6.45, 7) is 6.15. The third kappa shape index (κ3) is 2.21. The molecule has 0 aromatic carbocycles. The Labute approximate surface area is 91.2 Å². The zero-order chi connectivity index (χ0) is 11.5. The van der Waals surface area contributed by atoms with Crippen LogP contribution < -0.4 is 0 Å². The maximum Gasteiger partial charge on any atom is 0.319 e. The van der Waals surface area contributed by atoms with E-state index < -0.39 is 5.41 Å². The fourth-order valence-corrected chi connectivity index (χ4v) is 2.37. The molecule has 0 aromatic rings. The van der Waals surface area contributed by atoms with Gasteiger partial charge in [-0.2, -0.15) is 0 Å². The van der Waals surface area contributed by atoms with E-state index in [0.29, 0.717) is 31.8 Å². The van der Waals surface area contributed by atoms with E-state index in [0.717, 1.165) is 6.42 Å². The van der Waals surface area contributed by atoms with Crippen LogP contribution in [0.25, 0.3) is 0 Å². The normalized spacial score (nSPS) is 29.4. The van der Waals surface area contributed by atoms with Crippen molar-refractivity contribution in [3.05, 3.63) is 0 Å². The average molecular weight is 212 g/mol. The molecule has 0 aromatic heterocycles. The molecule has 15 heavy (non-hydrogen) atoms. The second kappa shape index (κ2) is 4.77. The second-order valence-corrected chi connectivity index (χ2v) is 4.49. The van der Waals surface area contributed by atoms with Gasteiger partial charge in [0.2, 0.25) is 0 Å². The Bertz CT molecular complexity index is 232. The van der Waals surface area contributed by atoms with E-state index in [1.54, 1.807) is 6.92 Å². The number of esters is 1. The quantitative estimate of drug-likeness (QED) is 0.519. The van der Waals surface area contributed by atoms with Gasteiger partial charge >= 0.3 is 5.97 Å². The minimum atomic E-state index is -0.786. The first kappa shape index (κ1) is 12.2. The number of carbonyl (C=O) groups is 2. The maximum atomic E-state index is 11.9. The molecule has 0 heterocycles. The molecule has 1 saturated carbocycles. The summed E-state index contributed by atoms with van der Waals surface area (Å²) in [4.78, 5) is 23.7. The Balaban J connectivity index is 2.71. The number of ketones is 1. The van der Waals surface area contributed by atoms with Gasteiger partial charge in [0.1, 0.15) is 11.2 Å². The fraction of sp³-hybridized carbons (Fsp3) is 0.833. The Morgan fingerprint density at radius 2 is 1.93 bits per heavy atom. The topological polar surface area (TPSA) is 43.4 Å². The standard InChI is InChI=1S/C12H20O3/c1-4-6-10(13)12(7-9(3)8-12)11(14)15-5-2/h9H,4-8H2,1-3H3. The number of Topliss-reactive ketones (excluding diaryl/α,β-unsaturated/α-hetero) is 1.